The number of anilines is 1. The molecule has 14 heteroatoms. The van der Waals surface area contributed by atoms with Gasteiger partial charge in [0.05, 0.1) is 38.1 Å². The van der Waals surface area contributed by atoms with Crippen molar-refractivity contribution in [3.05, 3.63) is 123 Å². The Morgan fingerprint density at radius 3 is 2.30 bits per heavy atom. The maximum atomic E-state index is 15.5. The summed E-state index contributed by atoms with van der Waals surface area (Å²) < 4.78 is 123. The largest absolute Gasteiger partial charge is 0.497 e. The molecule has 0 spiro atoms. The smallest absolute Gasteiger partial charge is 0.416 e. The van der Waals surface area contributed by atoms with Gasteiger partial charge in [0.15, 0.2) is 0 Å². The molecule has 6 nitrogen and oxygen atoms in total. The SMILES string of the molecule is COc1ccc(CN2C(=O)c3ccc(F)c(NC(=O)c4cc(F)cc(C(F)(F)F)c4)c3C2c2cc(F)ccc2C(F)F)c(OC)c1. The van der Waals surface area contributed by atoms with Gasteiger partial charge in [-0.1, -0.05) is 6.07 Å². The molecule has 0 fully saturated rings. The molecule has 0 aliphatic carbocycles. The van der Waals surface area contributed by atoms with Crippen LogP contribution >= 0.6 is 0 Å². The highest BCUT2D eigenvalue weighted by molar-refractivity contribution is 6.08. The zero-order valence-electron chi connectivity index (χ0n) is 23.8. The van der Waals surface area contributed by atoms with Crippen molar-refractivity contribution >= 4 is 17.5 Å². The average Bonchev–Trinajstić information content (AvgIpc) is 3.28. The molecule has 0 aromatic heterocycles. The van der Waals surface area contributed by atoms with E-state index in [1.54, 1.807) is 0 Å². The minimum absolute atomic E-state index is 0.160. The number of amides is 2. The van der Waals surface area contributed by atoms with Gasteiger partial charge in [-0.2, -0.15) is 13.2 Å². The number of nitrogens with zero attached hydrogens (tertiary/aromatic N) is 1. The maximum Gasteiger partial charge on any atom is 0.416 e. The molecule has 0 bridgehead atoms. The quantitative estimate of drug-likeness (QED) is 0.196. The van der Waals surface area contributed by atoms with Gasteiger partial charge in [-0.3, -0.25) is 9.59 Å². The van der Waals surface area contributed by atoms with Gasteiger partial charge in [0.2, 0.25) is 0 Å². The summed E-state index contributed by atoms with van der Waals surface area (Å²) in [6.45, 7) is -0.349. The Bertz CT molecular complexity index is 1840. The molecule has 1 aliphatic rings. The standard InChI is InChI=1S/C32H22F8N2O4/c1-45-20-5-3-15(25(13-20)46-2)14-42-28(23-12-18(33)4-6-21(23)29(36)37)26-22(31(42)44)7-8-24(35)27(26)41-30(43)16-9-17(32(38,39)40)11-19(34)10-16/h3-13,28-29H,14H2,1-2H3,(H,41,43). The summed E-state index contributed by atoms with van der Waals surface area (Å²) in [5, 5.41) is 2.09. The highest BCUT2D eigenvalue weighted by atomic mass is 19.4. The van der Waals surface area contributed by atoms with Crippen LogP contribution < -0.4 is 14.8 Å². The molecule has 2 amide bonds. The summed E-state index contributed by atoms with van der Waals surface area (Å²) in [7, 11) is 2.73. The molecule has 1 aliphatic heterocycles. The fraction of sp³-hybridized carbons (Fsp3) is 0.188. The number of methoxy groups -OCH3 is 2. The summed E-state index contributed by atoms with van der Waals surface area (Å²) in [5.74, 6) is -5.19. The first-order valence-corrected chi connectivity index (χ1v) is 13.3. The van der Waals surface area contributed by atoms with Crippen LogP contribution in [0.5, 0.6) is 11.5 Å². The topological polar surface area (TPSA) is 67.9 Å². The third kappa shape index (κ3) is 6.06. The van der Waals surface area contributed by atoms with E-state index in [1.807, 2.05) is 0 Å². The number of benzene rings is 4. The molecular weight excluding hydrogens is 628 g/mol. The summed E-state index contributed by atoms with van der Waals surface area (Å²) in [6, 6.07) is 8.02. The van der Waals surface area contributed by atoms with Crippen LogP contribution in [0.2, 0.25) is 0 Å². The molecule has 1 heterocycles. The van der Waals surface area contributed by atoms with E-state index in [2.05, 4.69) is 5.32 Å². The van der Waals surface area contributed by atoms with E-state index < -0.39 is 75.9 Å². The average molecular weight is 651 g/mol. The number of halogens is 8. The number of hydrogen-bond acceptors (Lipinski definition) is 4. The van der Waals surface area contributed by atoms with Crippen molar-refractivity contribution in [2.45, 2.75) is 25.2 Å². The maximum absolute atomic E-state index is 15.5. The molecule has 5 rings (SSSR count). The van der Waals surface area contributed by atoms with Gasteiger partial charge in [-0.15, -0.1) is 0 Å². The lowest BCUT2D eigenvalue weighted by atomic mass is 9.92. The predicted octanol–water partition coefficient (Wildman–Crippen LogP) is 8.08. The van der Waals surface area contributed by atoms with Crippen molar-refractivity contribution in [3.8, 4) is 11.5 Å². The van der Waals surface area contributed by atoms with E-state index in [1.165, 1.54) is 32.4 Å². The van der Waals surface area contributed by atoms with Gasteiger partial charge in [-0.05, 0) is 60.2 Å². The summed E-state index contributed by atoms with van der Waals surface area (Å²) in [6.07, 6.45) is -8.22. The summed E-state index contributed by atoms with van der Waals surface area (Å²) >= 11 is 0. The lowest BCUT2D eigenvalue weighted by Crippen LogP contribution is -2.29. The minimum Gasteiger partial charge on any atom is -0.497 e. The molecule has 4 aromatic carbocycles. The van der Waals surface area contributed by atoms with Crippen molar-refractivity contribution in [2.24, 2.45) is 0 Å². The number of alkyl halides is 5. The van der Waals surface area contributed by atoms with Crippen LogP contribution in [0, 0.1) is 17.5 Å². The van der Waals surface area contributed by atoms with Crippen molar-refractivity contribution in [1.82, 2.24) is 4.90 Å². The number of nitrogens with one attached hydrogen (secondary N) is 1. The molecule has 1 atom stereocenters. The van der Waals surface area contributed by atoms with Crippen molar-refractivity contribution < 1.29 is 54.2 Å². The Labute approximate surface area is 256 Å². The number of carbonyl (C=O) groups is 2. The van der Waals surface area contributed by atoms with E-state index in [0.29, 0.717) is 23.4 Å². The van der Waals surface area contributed by atoms with Crippen LogP contribution in [0.25, 0.3) is 0 Å². The normalized spacial score (nSPS) is 14.5. The Morgan fingerprint density at radius 2 is 1.65 bits per heavy atom. The van der Waals surface area contributed by atoms with E-state index in [-0.39, 0.29) is 29.5 Å². The third-order valence-corrected chi connectivity index (χ3v) is 7.41. The predicted molar refractivity (Wildman–Crippen MR) is 148 cm³/mol. The van der Waals surface area contributed by atoms with E-state index in [9.17, 15) is 40.3 Å². The number of carbonyl (C=O) groups excluding carboxylic acids is 2. The Hall–Kier alpha value is -5.14. The third-order valence-electron chi connectivity index (χ3n) is 7.41. The van der Waals surface area contributed by atoms with Gasteiger partial charge in [0.25, 0.3) is 18.2 Å². The summed E-state index contributed by atoms with van der Waals surface area (Å²) in [4.78, 5) is 28.0. The van der Waals surface area contributed by atoms with Crippen molar-refractivity contribution in [3.63, 3.8) is 0 Å². The van der Waals surface area contributed by atoms with Crippen LogP contribution in [0.15, 0.2) is 66.7 Å². The minimum atomic E-state index is -5.03. The monoisotopic (exact) mass is 650 g/mol. The first-order chi connectivity index (χ1) is 21.7. The zero-order chi connectivity index (χ0) is 33.5. The first-order valence-electron chi connectivity index (χ1n) is 13.3. The fourth-order valence-electron chi connectivity index (χ4n) is 5.32. The van der Waals surface area contributed by atoms with Crippen molar-refractivity contribution in [2.75, 3.05) is 19.5 Å². The Morgan fingerprint density at radius 1 is 0.913 bits per heavy atom. The first kappa shape index (κ1) is 32.3. The van der Waals surface area contributed by atoms with Crippen LogP contribution in [-0.4, -0.2) is 30.9 Å². The lowest BCUT2D eigenvalue weighted by Gasteiger charge is -2.29. The van der Waals surface area contributed by atoms with Crippen LogP contribution in [0.1, 0.15) is 61.0 Å². The molecule has 0 radical (unpaired) electrons. The number of ether oxygens (including phenoxy) is 2. The lowest BCUT2D eigenvalue weighted by molar-refractivity contribution is -0.137. The highest BCUT2D eigenvalue weighted by Crippen LogP contribution is 2.47. The fourth-order valence-corrected chi connectivity index (χ4v) is 5.32. The van der Waals surface area contributed by atoms with Crippen LogP contribution in [0.4, 0.5) is 40.8 Å². The molecular formula is C32H22F8N2O4. The van der Waals surface area contributed by atoms with Gasteiger partial charge in [0.1, 0.15) is 29.0 Å². The molecule has 0 saturated carbocycles. The number of hydrogen-bond donors (Lipinski definition) is 1. The van der Waals surface area contributed by atoms with Gasteiger partial charge in [-0.25, -0.2) is 22.0 Å². The molecule has 46 heavy (non-hydrogen) atoms. The second-order valence-corrected chi connectivity index (χ2v) is 10.2. The molecule has 0 saturated heterocycles. The van der Waals surface area contributed by atoms with E-state index >= 15 is 4.39 Å². The van der Waals surface area contributed by atoms with Gasteiger partial charge < -0.3 is 19.7 Å². The van der Waals surface area contributed by atoms with Crippen LogP contribution in [0.3, 0.4) is 0 Å². The number of fused-ring (bicyclic) bond motifs is 1. The Balaban J connectivity index is 1.69. The molecule has 240 valence electrons. The van der Waals surface area contributed by atoms with Crippen LogP contribution in [-0.2, 0) is 12.7 Å². The van der Waals surface area contributed by atoms with E-state index in [0.717, 1.165) is 35.2 Å². The Kier molecular flexibility index (Phi) is 8.65. The van der Waals surface area contributed by atoms with Gasteiger partial charge in [0, 0.05) is 33.9 Å². The zero-order valence-corrected chi connectivity index (χ0v) is 23.8. The second kappa shape index (κ2) is 12.3. The van der Waals surface area contributed by atoms with E-state index in [4.69, 9.17) is 9.47 Å². The highest BCUT2D eigenvalue weighted by Gasteiger charge is 2.43. The van der Waals surface area contributed by atoms with Gasteiger partial charge >= 0.3 is 6.18 Å². The summed E-state index contributed by atoms with van der Waals surface area (Å²) in [5.41, 5.74) is -4.54. The van der Waals surface area contributed by atoms with Crippen molar-refractivity contribution in [1.29, 1.82) is 0 Å². The number of rotatable bonds is 8. The molecule has 1 unspecified atom stereocenters. The molecule has 4 aromatic rings. The molecule has 1 N–H and O–H groups in total. The second-order valence-electron chi connectivity index (χ2n) is 10.2.